The van der Waals surface area contributed by atoms with Crippen molar-refractivity contribution in [3.05, 3.63) is 53.6 Å². The standard InChI is InChI=1S/C22H27NO3S/c1-25-20-10-9-17(13-21(20)26-2)22(24)18-7-5-11-23(15-18)14-16-6-4-8-19(12-16)27-3/h4,6,8-10,12-13,18H,5,7,11,14-15H2,1-3H3/t18-/m0/s1. The van der Waals surface area contributed by atoms with Crippen LogP contribution in [0.15, 0.2) is 47.4 Å². The van der Waals surface area contributed by atoms with Crippen LogP contribution in [0.5, 0.6) is 11.5 Å². The highest BCUT2D eigenvalue weighted by Gasteiger charge is 2.27. The normalized spacial score (nSPS) is 17.5. The van der Waals surface area contributed by atoms with Crippen molar-refractivity contribution >= 4 is 17.5 Å². The molecule has 2 aromatic rings. The summed E-state index contributed by atoms with van der Waals surface area (Å²) in [5.74, 6) is 1.47. The SMILES string of the molecule is COc1ccc(C(=O)[C@H]2CCCN(Cc3cccc(SC)c3)C2)cc1OC. The molecule has 0 unspecified atom stereocenters. The molecule has 1 aliphatic rings. The smallest absolute Gasteiger partial charge is 0.167 e. The number of benzene rings is 2. The van der Waals surface area contributed by atoms with Gasteiger partial charge in [0.05, 0.1) is 14.2 Å². The number of piperidine rings is 1. The van der Waals surface area contributed by atoms with Gasteiger partial charge in [0.2, 0.25) is 0 Å². The monoisotopic (exact) mass is 385 g/mol. The Bertz CT molecular complexity index is 793. The fourth-order valence-electron chi connectivity index (χ4n) is 3.67. The third-order valence-electron chi connectivity index (χ3n) is 5.08. The number of hydrogen-bond acceptors (Lipinski definition) is 5. The van der Waals surface area contributed by atoms with E-state index in [0.717, 1.165) is 32.5 Å². The summed E-state index contributed by atoms with van der Waals surface area (Å²) in [5, 5.41) is 0. The van der Waals surface area contributed by atoms with Gasteiger partial charge in [-0.3, -0.25) is 9.69 Å². The van der Waals surface area contributed by atoms with Crippen molar-refractivity contribution in [1.29, 1.82) is 0 Å². The summed E-state index contributed by atoms with van der Waals surface area (Å²) in [6, 6.07) is 14.1. The number of Topliss-reactive ketones (excluding diaryl/α,β-unsaturated/α-hetero) is 1. The molecule has 1 aliphatic heterocycles. The van der Waals surface area contributed by atoms with Gasteiger partial charge in [0.25, 0.3) is 0 Å². The molecular weight excluding hydrogens is 358 g/mol. The molecule has 0 aliphatic carbocycles. The van der Waals surface area contributed by atoms with E-state index in [1.807, 2.05) is 6.07 Å². The van der Waals surface area contributed by atoms with E-state index in [-0.39, 0.29) is 11.7 Å². The Morgan fingerprint density at radius 3 is 2.70 bits per heavy atom. The highest BCUT2D eigenvalue weighted by molar-refractivity contribution is 7.98. The van der Waals surface area contributed by atoms with Gasteiger partial charge in [0, 0.05) is 29.5 Å². The average Bonchev–Trinajstić information content (AvgIpc) is 2.73. The first-order chi connectivity index (χ1) is 13.1. The van der Waals surface area contributed by atoms with Gasteiger partial charge in [0.1, 0.15) is 0 Å². The number of hydrogen-bond donors (Lipinski definition) is 0. The van der Waals surface area contributed by atoms with Gasteiger partial charge < -0.3 is 9.47 Å². The molecule has 1 atom stereocenters. The van der Waals surface area contributed by atoms with Gasteiger partial charge in [-0.2, -0.15) is 0 Å². The van der Waals surface area contributed by atoms with Crippen molar-refractivity contribution in [3.8, 4) is 11.5 Å². The van der Waals surface area contributed by atoms with Crippen molar-refractivity contribution in [2.24, 2.45) is 5.92 Å². The second-order valence-electron chi connectivity index (χ2n) is 6.86. The van der Waals surface area contributed by atoms with E-state index in [1.54, 1.807) is 38.1 Å². The lowest BCUT2D eigenvalue weighted by Crippen LogP contribution is -2.38. The molecule has 27 heavy (non-hydrogen) atoms. The Morgan fingerprint density at radius 1 is 1.15 bits per heavy atom. The van der Waals surface area contributed by atoms with Crippen molar-refractivity contribution in [3.63, 3.8) is 0 Å². The van der Waals surface area contributed by atoms with Crippen LogP contribution in [0.1, 0.15) is 28.8 Å². The molecular formula is C22H27NO3S. The molecule has 0 radical (unpaired) electrons. The van der Waals surface area contributed by atoms with Crippen LogP contribution in [0.25, 0.3) is 0 Å². The van der Waals surface area contributed by atoms with Gasteiger partial charge >= 0.3 is 0 Å². The lowest BCUT2D eigenvalue weighted by molar-refractivity contribution is 0.0811. The minimum Gasteiger partial charge on any atom is -0.493 e. The number of carbonyl (C=O) groups is 1. The van der Waals surface area contributed by atoms with Crippen LogP contribution in [0.4, 0.5) is 0 Å². The van der Waals surface area contributed by atoms with Crippen molar-refractivity contribution in [2.75, 3.05) is 33.6 Å². The predicted octanol–water partition coefficient (Wildman–Crippen LogP) is 4.52. The zero-order chi connectivity index (χ0) is 19.2. The molecule has 1 fully saturated rings. The van der Waals surface area contributed by atoms with Crippen molar-refractivity contribution in [1.82, 2.24) is 4.90 Å². The van der Waals surface area contributed by atoms with Gasteiger partial charge in [-0.15, -0.1) is 11.8 Å². The summed E-state index contributed by atoms with van der Waals surface area (Å²) in [5.41, 5.74) is 2.00. The Hall–Kier alpha value is -1.98. The van der Waals surface area contributed by atoms with E-state index in [1.165, 1.54) is 10.5 Å². The Kier molecular flexibility index (Phi) is 6.80. The van der Waals surface area contributed by atoms with E-state index < -0.39 is 0 Å². The largest absolute Gasteiger partial charge is 0.493 e. The summed E-state index contributed by atoms with van der Waals surface area (Å²) < 4.78 is 10.6. The van der Waals surface area contributed by atoms with Crippen LogP contribution in [-0.2, 0) is 6.54 Å². The number of carbonyl (C=O) groups excluding carboxylic acids is 1. The fourth-order valence-corrected chi connectivity index (χ4v) is 4.15. The summed E-state index contributed by atoms with van der Waals surface area (Å²) >= 11 is 1.76. The van der Waals surface area contributed by atoms with Gasteiger partial charge in [0.15, 0.2) is 17.3 Å². The summed E-state index contributed by atoms with van der Waals surface area (Å²) in [6.45, 7) is 2.74. The molecule has 0 spiro atoms. The summed E-state index contributed by atoms with van der Waals surface area (Å²) in [6.07, 6.45) is 4.08. The van der Waals surface area contributed by atoms with Crippen LogP contribution in [0, 0.1) is 5.92 Å². The second-order valence-corrected chi connectivity index (χ2v) is 7.74. The van der Waals surface area contributed by atoms with Crippen LogP contribution in [0.2, 0.25) is 0 Å². The molecule has 0 N–H and O–H groups in total. The van der Waals surface area contributed by atoms with Crippen LogP contribution in [-0.4, -0.2) is 44.2 Å². The van der Waals surface area contributed by atoms with Crippen LogP contribution < -0.4 is 9.47 Å². The van der Waals surface area contributed by atoms with E-state index >= 15 is 0 Å². The van der Waals surface area contributed by atoms with Crippen molar-refractivity contribution in [2.45, 2.75) is 24.3 Å². The molecule has 0 aromatic heterocycles. The van der Waals surface area contributed by atoms with Crippen molar-refractivity contribution < 1.29 is 14.3 Å². The third kappa shape index (κ3) is 4.85. The maximum atomic E-state index is 13.0. The number of rotatable bonds is 7. The predicted molar refractivity (Wildman–Crippen MR) is 110 cm³/mol. The van der Waals surface area contributed by atoms with E-state index in [4.69, 9.17) is 9.47 Å². The first-order valence-electron chi connectivity index (χ1n) is 9.26. The van der Waals surface area contributed by atoms with E-state index in [2.05, 4.69) is 35.4 Å². The molecule has 144 valence electrons. The lowest BCUT2D eigenvalue weighted by Gasteiger charge is -2.32. The zero-order valence-corrected chi connectivity index (χ0v) is 17.1. The molecule has 0 amide bonds. The quantitative estimate of drug-likeness (QED) is 0.517. The number of ketones is 1. The van der Waals surface area contributed by atoms with E-state index in [9.17, 15) is 4.79 Å². The first-order valence-corrected chi connectivity index (χ1v) is 10.5. The van der Waals surface area contributed by atoms with Gasteiger partial charge in [-0.25, -0.2) is 0 Å². The first kappa shape index (κ1) is 19.8. The maximum absolute atomic E-state index is 13.0. The molecule has 2 aromatic carbocycles. The minimum atomic E-state index is 0.0283. The summed E-state index contributed by atoms with van der Waals surface area (Å²) in [4.78, 5) is 16.7. The van der Waals surface area contributed by atoms with E-state index in [0.29, 0.717) is 17.1 Å². The van der Waals surface area contributed by atoms with Crippen LogP contribution >= 0.6 is 11.8 Å². The number of nitrogens with zero attached hydrogens (tertiary/aromatic N) is 1. The zero-order valence-electron chi connectivity index (χ0n) is 16.2. The molecule has 1 saturated heterocycles. The fraction of sp³-hybridized carbons (Fsp3) is 0.409. The highest BCUT2D eigenvalue weighted by Crippen LogP contribution is 2.30. The average molecular weight is 386 g/mol. The molecule has 3 rings (SSSR count). The number of ether oxygens (including phenoxy) is 2. The Morgan fingerprint density at radius 2 is 1.96 bits per heavy atom. The molecule has 5 heteroatoms. The molecule has 0 bridgehead atoms. The molecule has 0 saturated carbocycles. The van der Waals surface area contributed by atoms with Crippen LogP contribution in [0.3, 0.4) is 0 Å². The Balaban J connectivity index is 1.69. The lowest BCUT2D eigenvalue weighted by atomic mass is 9.89. The second kappa shape index (κ2) is 9.29. The van der Waals surface area contributed by atoms with Gasteiger partial charge in [-0.05, 0) is 61.5 Å². The number of methoxy groups -OCH3 is 2. The topological polar surface area (TPSA) is 38.8 Å². The number of thioether (sulfide) groups is 1. The molecule has 4 nitrogen and oxygen atoms in total. The highest BCUT2D eigenvalue weighted by atomic mass is 32.2. The number of likely N-dealkylation sites (tertiary alicyclic amines) is 1. The Labute approximate surface area is 165 Å². The maximum Gasteiger partial charge on any atom is 0.167 e. The van der Waals surface area contributed by atoms with Gasteiger partial charge in [-0.1, -0.05) is 12.1 Å². The third-order valence-corrected chi connectivity index (χ3v) is 5.81. The molecule has 1 heterocycles. The minimum absolute atomic E-state index is 0.0283. The summed E-state index contributed by atoms with van der Waals surface area (Å²) in [7, 11) is 3.20.